The van der Waals surface area contributed by atoms with Gasteiger partial charge in [0.2, 0.25) is 10.0 Å². The summed E-state index contributed by atoms with van der Waals surface area (Å²) in [7, 11) is -3.47. The quantitative estimate of drug-likeness (QED) is 0.410. The molecule has 0 saturated carbocycles. The summed E-state index contributed by atoms with van der Waals surface area (Å²) in [5.41, 5.74) is -0.440. The number of unbranched alkanes of at least 4 members (excludes halogenated alkanes) is 4. The first-order valence-electron chi connectivity index (χ1n) is 9.11. The van der Waals surface area contributed by atoms with E-state index in [0.717, 1.165) is 38.5 Å². The number of carbonyl (C=O) groups is 1. The Labute approximate surface area is 162 Å². The molecule has 1 rings (SSSR count). The maximum Gasteiger partial charge on any atom is 0.311 e. The second-order valence-electron chi connectivity index (χ2n) is 6.97. The van der Waals surface area contributed by atoms with Crippen molar-refractivity contribution in [1.82, 2.24) is 4.72 Å². The number of ether oxygens (including phenoxy) is 1. The van der Waals surface area contributed by atoms with Gasteiger partial charge in [0.1, 0.15) is 0 Å². The zero-order valence-corrected chi connectivity index (χ0v) is 17.5. The van der Waals surface area contributed by atoms with E-state index < -0.39 is 15.4 Å². The molecule has 0 amide bonds. The number of rotatable bonds is 12. The second kappa shape index (κ2) is 10.9. The Morgan fingerprint density at radius 3 is 2.27 bits per heavy atom. The van der Waals surface area contributed by atoms with Crippen LogP contribution in [0.1, 0.15) is 59.3 Å². The van der Waals surface area contributed by atoms with E-state index >= 15 is 0 Å². The summed E-state index contributed by atoms with van der Waals surface area (Å²) in [5.74, 6) is -0.142. The van der Waals surface area contributed by atoms with Crippen molar-refractivity contribution < 1.29 is 17.9 Å². The first kappa shape index (κ1) is 22.9. The number of sulfonamides is 1. The largest absolute Gasteiger partial charge is 0.466 e. The molecule has 26 heavy (non-hydrogen) atoms. The van der Waals surface area contributed by atoms with Crippen LogP contribution in [0.3, 0.4) is 0 Å². The molecule has 0 heterocycles. The highest BCUT2D eigenvalue weighted by Gasteiger charge is 2.28. The summed E-state index contributed by atoms with van der Waals surface area (Å²) >= 11 is 5.77. The van der Waals surface area contributed by atoms with Gasteiger partial charge in [0.25, 0.3) is 0 Å². The molecule has 0 radical (unpaired) electrons. The van der Waals surface area contributed by atoms with Crippen LogP contribution in [0.2, 0.25) is 5.02 Å². The predicted molar refractivity (Wildman–Crippen MR) is 105 cm³/mol. The monoisotopic (exact) mass is 403 g/mol. The number of nitrogens with one attached hydrogen (secondary N) is 1. The van der Waals surface area contributed by atoms with Crippen LogP contribution in [0.5, 0.6) is 0 Å². The van der Waals surface area contributed by atoms with Crippen LogP contribution < -0.4 is 4.72 Å². The van der Waals surface area contributed by atoms with Crippen molar-refractivity contribution in [2.75, 3.05) is 13.2 Å². The molecule has 0 aromatic heterocycles. The fraction of sp³-hybridized carbons (Fsp3) is 0.632. The molecule has 5 nitrogen and oxygen atoms in total. The van der Waals surface area contributed by atoms with Gasteiger partial charge in [-0.05, 0) is 57.9 Å². The fourth-order valence-electron chi connectivity index (χ4n) is 2.55. The summed E-state index contributed by atoms with van der Waals surface area (Å²) in [4.78, 5) is 12.0. The summed E-state index contributed by atoms with van der Waals surface area (Å²) < 4.78 is 31.9. The van der Waals surface area contributed by atoms with Gasteiger partial charge in [0.05, 0.1) is 16.9 Å². The maximum atomic E-state index is 12.1. The lowest BCUT2D eigenvalue weighted by Crippen LogP contribution is -2.26. The number of halogens is 1. The molecule has 1 aromatic carbocycles. The van der Waals surface area contributed by atoms with Crippen LogP contribution >= 0.6 is 11.6 Å². The minimum absolute atomic E-state index is 0.142. The predicted octanol–water partition coefficient (Wildman–Crippen LogP) is 4.55. The Hall–Kier alpha value is -1.11. The molecule has 0 spiro atoms. The second-order valence-corrected chi connectivity index (χ2v) is 9.18. The first-order valence-corrected chi connectivity index (χ1v) is 11.0. The number of esters is 1. The van der Waals surface area contributed by atoms with Gasteiger partial charge in [0, 0.05) is 11.6 Å². The molecule has 0 aliphatic rings. The van der Waals surface area contributed by atoms with E-state index in [1.165, 1.54) is 12.1 Å². The van der Waals surface area contributed by atoms with E-state index in [0.29, 0.717) is 18.2 Å². The van der Waals surface area contributed by atoms with Gasteiger partial charge in [-0.15, -0.1) is 0 Å². The lowest BCUT2D eigenvalue weighted by molar-refractivity contribution is -0.153. The maximum absolute atomic E-state index is 12.1. The molecule has 7 heteroatoms. The van der Waals surface area contributed by atoms with Crippen LogP contribution in [-0.4, -0.2) is 27.5 Å². The Kier molecular flexibility index (Phi) is 9.61. The number of benzene rings is 1. The molecule has 0 bridgehead atoms. The third-order valence-electron chi connectivity index (χ3n) is 4.22. The Balaban J connectivity index is 2.17. The third-order valence-corrected chi connectivity index (χ3v) is 5.95. The SMILES string of the molecule is CCOC(=O)C(C)(C)CCCCCCCNS(=O)(=O)c1ccc(Cl)cc1. The first-order chi connectivity index (χ1) is 12.2. The fourth-order valence-corrected chi connectivity index (χ4v) is 3.75. The van der Waals surface area contributed by atoms with Crippen molar-refractivity contribution in [3.05, 3.63) is 29.3 Å². The number of hydrogen-bond acceptors (Lipinski definition) is 4. The van der Waals surface area contributed by atoms with E-state index in [1.807, 2.05) is 20.8 Å². The minimum Gasteiger partial charge on any atom is -0.466 e. The van der Waals surface area contributed by atoms with Crippen molar-refractivity contribution >= 4 is 27.6 Å². The molecule has 1 N–H and O–H groups in total. The molecule has 0 unspecified atom stereocenters. The van der Waals surface area contributed by atoms with E-state index in [2.05, 4.69) is 4.72 Å². The molecular weight excluding hydrogens is 374 g/mol. The molecule has 0 atom stereocenters. The molecule has 1 aromatic rings. The lowest BCUT2D eigenvalue weighted by atomic mass is 9.87. The summed E-state index contributed by atoms with van der Waals surface area (Å²) in [5, 5.41) is 0.509. The lowest BCUT2D eigenvalue weighted by Gasteiger charge is -2.21. The highest BCUT2D eigenvalue weighted by Crippen LogP contribution is 2.25. The molecule has 0 saturated heterocycles. The Bertz CT molecular complexity index is 657. The summed E-state index contributed by atoms with van der Waals surface area (Å²) in [6, 6.07) is 6.12. The highest BCUT2D eigenvalue weighted by atomic mass is 35.5. The average Bonchev–Trinajstić information content (AvgIpc) is 2.57. The van der Waals surface area contributed by atoms with Crippen molar-refractivity contribution in [2.24, 2.45) is 5.41 Å². The van der Waals surface area contributed by atoms with Crippen molar-refractivity contribution in [2.45, 2.75) is 64.2 Å². The van der Waals surface area contributed by atoms with Gasteiger partial charge in [-0.1, -0.05) is 37.3 Å². The van der Waals surface area contributed by atoms with Crippen molar-refractivity contribution in [3.63, 3.8) is 0 Å². The van der Waals surface area contributed by atoms with E-state index in [-0.39, 0.29) is 10.9 Å². The van der Waals surface area contributed by atoms with E-state index in [9.17, 15) is 13.2 Å². The van der Waals surface area contributed by atoms with Gasteiger partial charge in [-0.2, -0.15) is 0 Å². The molecule has 0 aliphatic carbocycles. The molecule has 0 fully saturated rings. The zero-order chi connectivity index (χ0) is 19.6. The van der Waals surface area contributed by atoms with E-state index in [4.69, 9.17) is 16.3 Å². The topological polar surface area (TPSA) is 72.5 Å². The van der Waals surface area contributed by atoms with Gasteiger partial charge in [-0.3, -0.25) is 4.79 Å². The van der Waals surface area contributed by atoms with Crippen molar-refractivity contribution in [3.8, 4) is 0 Å². The Morgan fingerprint density at radius 1 is 1.08 bits per heavy atom. The van der Waals surface area contributed by atoms with Crippen LogP contribution in [0.4, 0.5) is 0 Å². The summed E-state index contributed by atoms with van der Waals surface area (Å²) in [6.07, 6.45) is 5.53. The minimum atomic E-state index is -3.47. The Morgan fingerprint density at radius 2 is 1.65 bits per heavy atom. The van der Waals surface area contributed by atoms with Crippen LogP contribution in [-0.2, 0) is 19.6 Å². The van der Waals surface area contributed by atoms with Gasteiger partial charge in [0.15, 0.2) is 0 Å². The van der Waals surface area contributed by atoms with Crippen LogP contribution in [0, 0.1) is 5.41 Å². The van der Waals surface area contributed by atoms with Gasteiger partial charge < -0.3 is 4.74 Å². The van der Waals surface area contributed by atoms with Gasteiger partial charge >= 0.3 is 5.97 Å². The number of carbonyl (C=O) groups excluding carboxylic acids is 1. The summed E-state index contributed by atoms with van der Waals surface area (Å²) in [6.45, 7) is 6.47. The normalized spacial score (nSPS) is 12.2. The van der Waals surface area contributed by atoms with E-state index in [1.54, 1.807) is 12.1 Å². The molecule has 148 valence electrons. The third kappa shape index (κ3) is 8.06. The van der Waals surface area contributed by atoms with Crippen LogP contribution in [0.25, 0.3) is 0 Å². The zero-order valence-electron chi connectivity index (χ0n) is 15.9. The van der Waals surface area contributed by atoms with Gasteiger partial charge in [-0.25, -0.2) is 13.1 Å². The molecule has 0 aliphatic heterocycles. The van der Waals surface area contributed by atoms with Crippen LogP contribution in [0.15, 0.2) is 29.2 Å². The molecular formula is C19H30ClNO4S. The average molecular weight is 404 g/mol. The smallest absolute Gasteiger partial charge is 0.311 e. The number of hydrogen-bond donors (Lipinski definition) is 1. The van der Waals surface area contributed by atoms with Crippen molar-refractivity contribution in [1.29, 1.82) is 0 Å². The standard InChI is InChI=1S/C19H30ClNO4S/c1-4-25-18(22)19(2,3)14-8-6-5-7-9-15-21-26(23,24)17-12-10-16(20)11-13-17/h10-13,21H,4-9,14-15H2,1-3H3. The highest BCUT2D eigenvalue weighted by molar-refractivity contribution is 7.89.